The summed E-state index contributed by atoms with van der Waals surface area (Å²) in [4.78, 5) is 12.5. The highest BCUT2D eigenvalue weighted by Crippen LogP contribution is 2.49. The molecule has 4 unspecified atom stereocenters. The lowest BCUT2D eigenvalue weighted by Crippen LogP contribution is -2.49. The number of sulfonamides is 1. The molecule has 1 amide bonds. The molecular weight excluding hydrogens is 360 g/mol. The normalized spacial score (nSPS) is 27.9. The number of hydrogen-bond acceptors (Lipinski definition) is 3. The van der Waals surface area contributed by atoms with Gasteiger partial charge >= 0.3 is 0 Å². The SMILES string of the molecule is CC(NC(=O)[C@H](C)NS(=O)(=O)c1ccc(Cl)cc1)C1CC2CCC1C2. The van der Waals surface area contributed by atoms with Crippen LogP contribution >= 0.6 is 11.6 Å². The Kier molecular flexibility index (Phi) is 5.42. The van der Waals surface area contributed by atoms with Crippen LogP contribution < -0.4 is 10.0 Å². The summed E-state index contributed by atoms with van der Waals surface area (Å²) >= 11 is 5.78. The van der Waals surface area contributed by atoms with Crippen molar-refractivity contribution in [2.75, 3.05) is 0 Å². The second-order valence-corrected chi connectivity index (χ2v) is 9.58. The van der Waals surface area contributed by atoms with Crippen molar-refractivity contribution in [3.8, 4) is 0 Å². The van der Waals surface area contributed by atoms with E-state index in [0.717, 1.165) is 5.92 Å². The molecule has 1 aromatic rings. The van der Waals surface area contributed by atoms with Gasteiger partial charge in [-0.2, -0.15) is 4.72 Å². The molecule has 0 radical (unpaired) electrons. The fourth-order valence-electron chi connectivity index (χ4n) is 4.33. The Bertz CT molecular complexity index is 735. The Balaban J connectivity index is 1.57. The highest BCUT2D eigenvalue weighted by molar-refractivity contribution is 7.89. The van der Waals surface area contributed by atoms with Crippen molar-refractivity contribution in [3.05, 3.63) is 29.3 Å². The zero-order chi connectivity index (χ0) is 18.2. The first-order valence-corrected chi connectivity index (χ1v) is 10.7. The Labute approximate surface area is 154 Å². The molecule has 2 fully saturated rings. The fraction of sp³-hybridized carbons (Fsp3) is 0.611. The molecule has 2 aliphatic rings. The van der Waals surface area contributed by atoms with E-state index in [0.29, 0.717) is 16.9 Å². The second-order valence-electron chi connectivity index (χ2n) is 7.43. The molecule has 0 aromatic heterocycles. The number of rotatable bonds is 6. The van der Waals surface area contributed by atoms with Crippen molar-refractivity contribution < 1.29 is 13.2 Å². The van der Waals surface area contributed by atoms with Crippen LogP contribution in [0.5, 0.6) is 0 Å². The van der Waals surface area contributed by atoms with Crippen molar-refractivity contribution in [1.82, 2.24) is 10.0 Å². The molecule has 7 heteroatoms. The molecule has 3 rings (SSSR count). The van der Waals surface area contributed by atoms with Crippen LogP contribution in [0.25, 0.3) is 0 Å². The molecule has 0 aliphatic heterocycles. The van der Waals surface area contributed by atoms with Crippen molar-refractivity contribution >= 4 is 27.5 Å². The molecule has 5 atom stereocenters. The number of carbonyl (C=O) groups is 1. The minimum absolute atomic E-state index is 0.0743. The maximum Gasteiger partial charge on any atom is 0.241 e. The van der Waals surface area contributed by atoms with Crippen molar-refractivity contribution in [2.45, 2.75) is 56.5 Å². The average Bonchev–Trinajstić information content (AvgIpc) is 3.17. The van der Waals surface area contributed by atoms with Gasteiger partial charge in [0.1, 0.15) is 0 Å². The van der Waals surface area contributed by atoms with Crippen molar-refractivity contribution in [3.63, 3.8) is 0 Å². The van der Waals surface area contributed by atoms with Crippen LogP contribution in [-0.4, -0.2) is 26.4 Å². The lowest BCUT2D eigenvalue weighted by Gasteiger charge is -2.29. The number of halogens is 1. The van der Waals surface area contributed by atoms with Gasteiger partial charge in [-0.1, -0.05) is 18.0 Å². The largest absolute Gasteiger partial charge is 0.352 e. The van der Waals surface area contributed by atoms with E-state index in [1.54, 1.807) is 6.92 Å². The predicted molar refractivity (Wildman–Crippen MR) is 97.8 cm³/mol. The lowest BCUT2D eigenvalue weighted by atomic mass is 9.84. The molecule has 2 N–H and O–H groups in total. The van der Waals surface area contributed by atoms with Gasteiger partial charge in [0.2, 0.25) is 15.9 Å². The van der Waals surface area contributed by atoms with E-state index in [2.05, 4.69) is 10.0 Å². The van der Waals surface area contributed by atoms with Gasteiger partial charge in [-0.25, -0.2) is 8.42 Å². The highest BCUT2D eigenvalue weighted by Gasteiger charge is 2.42. The minimum atomic E-state index is -3.75. The molecule has 25 heavy (non-hydrogen) atoms. The summed E-state index contributed by atoms with van der Waals surface area (Å²) in [5.41, 5.74) is 0. The maximum absolute atomic E-state index is 12.4. The average molecular weight is 385 g/mol. The summed E-state index contributed by atoms with van der Waals surface area (Å²) < 4.78 is 27.2. The standard InChI is InChI=1S/C18H25ClN2O3S/c1-11(17-10-13-3-4-14(17)9-13)20-18(22)12(2)21-25(23,24)16-7-5-15(19)6-8-16/h5-8,11-14,17,21H,3-4,9-10H2,1-2H3,(H,20,22)/t11?,12-,13?,14?,17?/m0/s1. The van der Waals surface area contributed by atoms with Crippen LogP contribution in [-0.2, 0) is 14.8 Å². The third-order valence-electron chi connectivity index (χ3n) is 5.65. The van der Waals surface area contributed by atoms with Crippen LogP contribution in [0, 0.1) is 17.8 Å². The predicted octanol–water partition coefficient (Wildman–Crippen LogP) is 2.95. The highest BCUT2D eigenvalue weighted by atomic mass is 35.5. The first-order chi connectivity index (χ1) is 11.8. The quantitative estimate of drug-likeness (QED) is 0.791. The Hall–Kier alpha value is -1.11. The third kappa shape index (κ3) is 4.18. The first kappa shape index (κ1) is 18.7. The molecule has 2 bridgehead atoms. The topological polar surface area (TPSA) is 75.3 Å². The molecule has 2 saturated carbocycles. The molecule has 2 aliphatic carbocycles. The van der Waals surface area contributed by atoms with E-state index in [4.69, 9.17) is 11.6 Å². The summed E-state index contributed by atoms with van der Waals surface area (Å²) in [5, 5.41) is 3.47. The van der Waals surface area contributed by atoms with Crippen LogP contribution in [0.4, 0.5) is 0 Å². The van der Waals surface area contributed by atoms with Gasteiger partial charge < -0.3 is 5.32 Å². The minimum Gasteiger partial charge on any atom is -0.352 e. The summed E-state index contributed by atoms with van der Waals surface area (Å²) in [7, 11) is -3.75. The van der Waals surface area contributed by atoms with Gasteiger partial charge in [0, 0.05) is 11.1 Å². The van der Waals surface area contributed by atoms with E-state index in [1.165, 1.54) is 49.9 Å². The van der Waals surface area contributed by atoms with Crippen LogP contribution in [0.2, 0.25) is 5.02 Å². The number of carbonyl (C=O) groups excluding carboxylic acids is 1. The first-order valence-electron chi connectivity index (χ1n) is 8.84. The molecular formula is C18H25ClN2O3S. The third-order valence-corrected chi connectivity index (χ3v) is 7.46. The smallest absolute Gasteiger partial charge is 0.241 e. The number of nitrogens with one attached hydrogen (secondary N) is 2. The lowest BCUT2D eigenvalue weighted by molar-refractivity contribution is -0.123. The van der Waals surface area contributed by atoms with Gasteiger partial charge in [-0.05, 0) is 75.1 Å². The Morgan fingerprint density at radius 2 is 1.84 bits per heavy atom. The molecule has 1 aromatic carbocycles. The van der Waals surface area contributed by atoms with Crippen LogP contribution in [0.1, 0.15) is 39.5 Å². The summed E-state index contributed by atoms with van der Waals surface area (Å²) in [6.45, 7) is 3.60. The molecule has 0 spiro atoms. The van der Waals surface area contributed by atoms with Crippen molar-refractivity contribution in [2.24, 2.45) is 17.8 Å². The van der Waals surface area contributed by atoms with Gasteiger partial charge in [0.25, 0.3) is 0 Å². The monoisotopic (exact) mass is 384 g/mol. The molecule has 138 valence electrons. The van der Waals surface area contributed by atoms with E-state index < -0.39 is 16.1 Å². The molecule has 0 heterocycles. The zero-order valence-electron chi connectivity index (χ0n) is 14.5. The number of amides is 1. The van der Waals surface area contributed by atoms with Crippen molar-refractivity contribution in [1.29, 1.82) is 0 Å². The summed E-state index contributed by atoms with van der Waals surface area (Å²) in [6, 6.07) is 5.11. The van der Waals surface area contributed by atoms with E-state index >= 15 is 0 Å². The van der Waals surface area contributed by atoms with Gasteiger partial charge in [0.05, 0.1) is 10.9 Å². The van der Waals surface area contributed by atoms with Gasteiger partial charge in [0.15, 0.2) is 0 Å². The van der Waals surface area contributed by atoms with E-state index in [9.17, 15) is 13.2 Å². The van der Waals surface area contributed by atoms with Crippen LogP contribution in [0.3, 0.4) is 0 Å². The number of hydrogen-bond donors (Lipinski definition) is 2. The number of fused-ring (bicyclic) bond motifs is 2. The van der Waals surface area contributed by atoms with Gasteiger partial charge in [-0.15, -0.1) is 0 Å². The second kappa shape index (κ2) is 7.25. The zero-order valence-corrected chi connectivity index (χ0v) is 16.1. The summed E-state index contributed by atoms with van der Waals surface area (Å²) in [5.74, 6) is 1.76. The Morgan fingerprint density at radius 3 is 2.40 bits per heavy atom. The Morgan fingerprint density at radius 1 is 1.16 bits per heavy atom. The molecule has 5 nitrogen and oxygen atoms in total. The number of benzene rings is 1. The summed E-state index contributed by atoms with van der Waals surface area (Å²) in [6.07, 6.45) is 5.04. The van der Waals surface area contributed by atoms with E-state index in [1.807, 2.05) is 6.92 Å². The van der Waals surface area contributed by atoms with Crippen LogP contribution in [0.15, 0.2) is 29.2 Å². The fourth-order valence-corrected chi connectivity index (χ4v) is 5.66. The maximum atomic E-state index is 12.4. The van der Waals surface area contributed by atoms with E-state index in [-0.39, 0.29) is 16.8 Å². The van der Waals surface area contributed by atoms with Gasteiger partial charge in [-0.3, -0.25) is 4.79 Å². The molecule has 0 saturated heterocycles.